The molecule has 3 unspecified atom stereocenters. The summed E-state index contributed by atoms with van der Waals surface area (Å²) in [6.45, 7) is 0.580. The summed E-state index contributed by atoms with van der Waals surface area (Å²) in [6.07, 6.45) is 4.95. The minimum Gasteiger partial charge on any atom is -0.469 e. The van der Waals surface area contributed by atoms with Gasteiger partial charge in [0.25, 0.3) is 0 Å². The first-order chi connectivity index (χ1) is 12.0. The van der Waals surface area contributed by atoms with Crippen molar-refractivity contribution < 1.29 is 18.7 Å². The summed E-state index contributed by atoms with van der Waals surface area (Å²) in [4.78, 5) is 12.1. The van der Waals surface area contributed by atoms with Crippen LogP contribution in [-0.2, 0) is 20.7 Å². The van der Waals surface area contributed by atoms with Crippen molar-refractivity contribution in [3.63, 3.8) is 0 Å². The lowest BCUT2D eigenvalue weighted by molar-refractivity contribution is -0.154. The van der Waals surface area contributed by atoms with Crippen molar-refractivity contribution in [2.75, 3.05) is 13.7 Å². The zero-order valence-electron chi connectivity index (χ0n) is 14.6. The van der Waals surface area contributed by atoms with Crippen LogP contribution >= 0.6 is 0 Å². The molecule has 1 spiro atoms. The fourth-order valence-corrected chi connectivity index (χ4v) is 4.58. The van der Waals surface area contributed by atoms with Gasteiger partial charge in [-0.1, -0.05) is 12.1 Å². The molecule has 134 valence electrons. The van der Waals surface area contributed by atoms with Gasteiger partial charge < -0.3 is 9.47 Å². The molecule has 1 aliphatic heterocycles. The Kier molecular flexibility index (Phi) is 5.10. The van der Waals surface area contributed by atoms with Gasteiger partial charge in [0.15, 0.2) is 0 Å². The molecule has 0 radical (unpaired) electrons. The monoisotopic (exact) mass is 345 g/mol. The number of carbonyl (C=O) groups excluding carboxylic acids is 1. The number of nitrogens with zero attached hydrogens (tertiary/aromatic N) is 1. The molecule has 3 rings (SSSR count). The maximum absolute atomic E-state index is 13.2. The zero-order valence-corrected chi connectivity index (χ0v) is 14.6. The van der Waals surface area contributed by atoms with Gasteiger partial charge in [0.2, 0.25) is 0 Å². The molecular formula is C20H24FNO3. The van der Waals surface area contributed by atoms with E-state index < -0.39 is 0 Å². The van der Waals surface area contributed by atoms with Crippen molar-refractivity contribution in [2.24, 2.45) is 11.3 Å². The maximum Gasteiger partial charge on any atom is 0.306 e. The SMILES string of the molecule is COC(=O)CC1(Cc2ccc(F)cc2)CCOC2(CCC(C#N)C2)C1. The van der Waals surface area contributed by atoms with E-state index >= 15 is 0 Å². The summed E-state index contributed by atoms with van der Waals surface area (Å²) in [7, 11) is 1.41. The van der Waals surface area contributed by atoms with Crippen LogP contribution in [0.1, 0.15) is 44.1 Å². The van der Waals surface area contributed by atoms with Crippen molar-refractivity contribution in [3.8, 4) is 6.07 Å². The molecule has 1 saturated carbocycles. The molecule has 1 aromatic rings. The number of esters is 1. The van der Waals surface area contributed by atoms with E-state index in [2.05, 4.69) is 6.07 Å². The number of hydrogen-bond donors (Lipinski definition) is 0. The summed E-state index contributed by atoms with van der Waals surface area (Å²) in [5.41, 5.74) is 0.428. The number of methoxy groups -OCH3 is 1. The summed E-state index contributed by atoms with van der Waals surface area (Å²) < 4.78 is 24.3. The van der Waals surface area contributed by atoms with E-state index in [1.165, 1.54) is 19.2 Å². The van der Waals surface area contributed by atoms with Crippen molar-refractivity contribution in [3.05, 3.63) is 35.6 Å². The van der Waals surface area contributed by atoms with Gasteiger partial charge in [-0.3, -0.25) is 4.79 Å². The van der Waals surface area contributed by atoms with Crippen molar-refractivity contribution in [1.29, 1.82) is 5.26 Å². The Balaban J connectivity index is 1.84. The number of hydrogen-bond acceptors (Lipinski definition) is 4. The number of ether oxygens (including phenoxy) is 2. The standard InChI is InChI=1S/C20H24FNO3/c1-24-18(23)12-19(10-15-2-4-17(21)5-3-15)8-9-25-20(14-19)7-6-16(11-20)13-22/h2-5,16H,6-12,14H2,1H3. The molecule has 25 heavy (non-hydrogen) atoms. The van der Waals surface area contributed by atoms with Gasteiger partial charge in [0, 0.05) is 12.5 Å². The molecule has 1 aromatic carbocycles. The lowest BCUT2D eigenvalue weighted by atomic mass is 9.67. The van der Waals surface area contributed by atoms with Gasteiger partial charge in [-0.2, -0.15) is 5.26 Å². The first-order valence-electron chi connectivity index (χ1n) is 8.83. The molecule has 4 nitrogen and oxygen atoms in total. The minimum atomic E-state index is -0.313. The molecule has 3 atom stereocenters. The van der Waals surface area contributed by atoms with Gasteiger partial charge in [-0.05, 0) is 61.6 Å². The quantitative estimate of drug-likeness (QED) is 0.779. The highest BCUT2D eigenvalue weighted by atomic mass is 19.1. The van der Waals surface area contributed by atoms with Crippen LogP contribution in [0.4, 0.5) is 4.39 Å². The van der Waals surface area contributed by atoms with Crippen LogP contribution in [0.3, 0.4) is 0 Å². The normalized spacial score (nSPS) is 31.6. The third kappa shape index (κ3) is 4.01. The fraction of sp³-hybridized carbons (Fsp3) is 0.600. The summed E-state index contributed by atoms with van der Waals surface area (Å²) >= 11 is 0. The predicted octanol–water partition coefficient (Wildman–Crippen LogP) is 3.79. The molecule has 2 fully saturated rings. The first kappa shape index (κ1) is 17.9. The number of benzene rings is 1. The summed E-state index contributed by atoms with van der Waals surface area (Å²) in [5.74, 6) is -0.462. The average Bonchev–Trinajstić information content (AvgIpc) is 2.99. The highest BCUT2D eigenvalue weighted by molar-refractivity contribution is 5.70. The second kappa shape index (κ2) is 7.13. The predicted molar refractivity (Wildman–Crippen MR) is 90.0 cm³/mol. The van der Waals surface area contributed by atoms with Crippen LogP contribution in [0.5, 0.6) is 0 Å². The van der Waals surface area contributed by atoms with Crippen LogP contribution < -0.4 is 0 Å². The molecule has 2 aliphatic rings. The summed E-state index contributed by atoms with van der Waals surface area (Å²) in [6, 6.07) is 8.83. The molecule has 1 heterocycles. The Hall–Kier alpha value is -1.93. The molecule has 1 saturated heterocycles. The highest BCUT2D eigenvalue weighted by Gasteiger charge is 2.50. The largest absolute Gasteiger partial charge is 0.469 e. The van der Waals surface area contributed by atoms with E-state index in [1.807, 2.05) is 0 Å². The Morgan fingerprint density at radius 3 is 2.80 bits per heavy atom. The van der Waals surface area contributed by atoms with Crippen LogP contribution in [0.25, 0.3) is 0 Å². The van der Waals surface area contributed by atoms with E-state index in [0.717, 1.165) is 37.7 Å². The molecule has 0 bridgehead atoms. The Morgan fingerprint density at radius 2 is 2.16 bits per heavy atom. The minimum absolute atomic E-state index is 0.0275. The maximum atomic E-state index is 13.2. The molecular weight excluding hydrogens is 321 g/mol. The van der Waals surface area contributed by atoms with Gasteiger partial charge in [-0.25, -0.2) is 4.39 Å². The summed E-state index contributed by atoms with van der Waals surface area (Å²) in [5, 5.41) is 9.24. The van der Waals surface area contributed by atoms with E-state index in [-0.39, 0.29) is 28.7 Å². The van der Waals surface area contributed by atoms with E-state index in [1.54, 1.807) is 12.1 Å². The second-order valence-electron chi connectivity index (χ2n) is 7.58. The third-order valence-electron chi connectivity index (χ3n) is 5.73. The highest BCUT2D eigenvalue weighted by Crippen LogP contribution is 2.51. The first-order valence-corrected chi connectivity index (χ1v) is 8.83. The van der Waals surface area contributed by atoms with Crippen molar-refractivity contribution >= 4 is 5.97 Å². The topological polar surface area (TPSA) is 59.3 Å². The number of halogens is 1. The fourth-order valence-electron chi connectivity index (χ4n) is 4.58. The van der Waals surface area contributed by atoms with E-state index in [0.29, 0.717) is 19.4 Å². The van der Waals surface area contributed by atoms with Crippen LogP contribution in [0.15, 0.2) is 24.3 Å². The van der Waals surface area contributed by atoms with E-state index in [4.69, 9.17) is 9.47 Å². The molecule has 0 N–H and O–H groups in total. The molecule has 0 amide bonds. The number of rotatable bonds is 4. The zero-order chi connectivity index (χ0) is 17.9. The van der Waals surface area contributed by atoms with Gasteiger partial charge in [0.05, 0.1) is 25.2 Å². The lowest BCUT2D eigenvalue weighted by Crippen LogP contribution is -2.46. The second-order valence-corrected chi connectivity index (χ2v) is 7.58. The van der Waals surface area contributed by atoms with Crippen LogP contribution in [-0.4, -0.2) is 25.3 Å². The number of nitriles is 1. The van der Waals surface area contributed by atoms with Gasteiger partial charge in [0.1, 0.15) is 5.82 Å². The lowest BCUT2D eigenvalue weighted by Gasteiger charge is -2.46. The molecule has 5 heteroatoms. The smallest absolute Gasteiger partial charge is 0.306 e. The molecule has 0 aromatic heterocycles. The van der Waals surface area contributed by atoms with E-state index in [9.17, 15) is 14.4 Å². The number of carbonyl (C=O) groups is 1. The van der Waals surface area contributed by atoms with Crippen LogP contribution in [0.2, 0.25) is 0 Å². The Morgan fingerprint density at radius 1 is 1.40 bits per heavy atom. The third-order valence-corrected chi connectivity index (χ3v) is 5.73. The van der Waals surface area contributed by atoms with Crippen LogP contribution in [0, 0.1) is 28.5 Å². The van der Waals surface area contributed by atoms with Crippen molar-refractivity contribution in [2.45, 2.75) is 50.5 Å². The van der Waals surface area contributed by atoms with Gasteiger partial charge in [-0.15, -0.1) is 0 Å². The van der Waals surface area contributed by atoms with Gasteiger partial charge >= 0.3 is 5.97 Å². The Bertz CT molecular complexity index is 669. The Labute approximate surface area is 147 Å². The van der Waals surface area contributed by atoms with Crippen molar-refractivity contribution in [1.82, 2.24) is 0 Å². The average molecular weight is 345 g/mol. The molecule has 1 aliphatic carbocycles.